The van der Waals surface area contributed by atoms with Gasteiger partial charge in [-0.05, 0) is 24.6 Å². The molecule has 9 nitrogen and oxygen atoms in total. The molecule has 0 saturated carbocycles. The second kappa shape index (κ2) is 6.48. The first-order chi connectivity index (χ1) is 11.8. The first-order valence-corrected chi connectivity index (χ1v) is 8.82. The van der Waals surface area contributed by atoms with Crippen molar-refractivity contribution >= 4 is 45.1 Å². The van der Waals surface area contributed by atoms with Crippen LogP contribution in [0, 0.1) is 6.92 Å². The van der Waals surface area contributed by atoms with Crippen LogP contribution in [0.5, 0.6) is 0 Å². The number of hydrogen-bond acceptors (Lipinski definition) is 6. The smallest absolute Gasteiger partial charge is 0.409 e. The van der Waals surface area contributed by atoms with Crippen LogP contribution < -0.4 is 10.6 Å². The van der Waals surface area contributed by atoms with Gasteiger partial charge in [0.1, 0.15) is 0 Å². The number of aryl methyl sites for hydroxylation is 2. The number of fused-ring (bicyclic) bond motifs is 1. The molecule has 0 bridgehead atoms. The molecule has 3 aromatic rings. The summed E-state index contributed by atoms with van der Waals surface area (Å²) in [6, 6.07) is 5.16. The largest absolute Gasteiger partial charge is 0.465 e. The lowest BCUT2D eigenvalue weighted by atomic mass is 10.1. The minimum atomic E-state index is -1.28. The molecule has 1 aromatic carbocycles. The van der Waals surface area contributed by atoms with Gasteiger partial charge in [0.2, 0.25) is 5.16 Å². The van der Waals surface area contributed by atoms with Crippen LogP contribution >= 0.6 is 0 Å². The van der Waals surface area contributed by atoms with Crippen molar-refractivity contribution in [2.24, 2.45) is 7.05 Å². The molecular formula is C15H16N6O3S. The van der Waals surface area contributed by atoms with Crippen LogP contribution in [0.3, 0.4) is 0 Å². The van der Waals surface area contributed by atoms with Crippen LogP contribution in [0.2, 0.25) is 0 Å². The quantitative estimate of drug-likeness (QED) is 0.610. The van der Waals surface area contributed by atoms with Crippen LogP contribution in [-0.4, -0.2) is 41.4 Å². The van der Waals surface area contributed by atoms with Gasteiger partial charge in [0, 0.05) is 30.9 Å². The molecule has 1 unspecified atom stereocenters. The van der Waals surface area contributed by atoms with Crippen LogP contribution in [0.15, 0.2) is 29.6 Å². The lowest BCUT2D eigenvalue weighted by Crippen LogP contribution is -2.07. The number of amides is 1. The summed E-state index contributed by atoms with van der Waals surface area (Å²) < 4.78 is 13.1. The van der Waals surface area contributed by atoms with Gasteiger partial charge in [-0.25, -0.2) is 19.4 Å². The van der Waals surface area contributed by atoms with Gasteiger partial charge in [-0.15, -0.1) is 0 Å². The fourth-order valence-electron chi connectivity index (χ4n) is 2.34. The van der Waals surface area contributed by atoms with Crippen molar-refractivity contribution in [3.8, 4) is 0 Å². The number of rotatable bonds is 4. The van der Waals surface area contributed by atoms with Crippen LogP contribution in [0.4, 0.5) is 22.0 Å². The predicted octanol–water partition coefficient (Wildman–Crippen LogP) is 2.24. The highest BCUT2D eigenvalue weighted by Crippen LogP contribution is 2.28. The van der Waals surface area contributed by atoms with Crippen molar-refractivity contribution in [3.05, 3.63) is 30.0 Å². The number of benzene rings is 1. The highest BCUT2D eigenvalue weighted by Gasteiger charge is 2.14. The Bertz CT molecular complexity index is 1000. The van der Waals surface area contributed by atoms with E-state index in [-0.39, 0.29) is 5.16 Å². The van der Waals surface area contributed by atoms with Crippen molar-refractivity contribution < 1.29 is 14.1 Å². The molecule has 0 aliphatic rings. The maximum Gasteiger partial charge on any atom is 0.409 e. The van der Waals surface area contributed by atoms with E-state index in [0.29, 0.717) is 28.2 Å². The Morgan fingerprint density at radius 1 is 1.36 bits per heavy atom. The van der Waals surface area contributed by atoms with Crippen molar-refractivity contribution in [1.82, 2.24) is 19.7 Å². The molecule has 3 rings (SSSR count). The second-order valence-corrected chi connectivity index (χ2v) is 6.67. The van der Waals surface area contributed by atoms with Crippen LogP contribution in [-0.2, 0) is 17.8 Å². The molecular weight excluding hydrogens is 344 g/mol. The molecule has 0 aliphatic heterocycles. The fourth-order valence-corrected chi connectivity index (χ4v) is 2.75. The van der Waals surface area contributed by atoms with E-state index in [1.807, 2.05) is 6.92 Å². The molecule has 1 atom stereocenters. The number of carboxylic acid groups (broad SMARTS) is 1. The fraction of sp³-hybridized carbons (Fsp3) is 0.200. The Hall–Kier alpha value is -3.01. The maximum atomic E-state index is 11.6. The Balaban J connectivity index is 2.01. The predicted molar refractivity (Wildman–Crippen MR) is 94.7 cm³/mol. The molecule has 25 heavy (non-hydrogen) atoms. The van der Waals surface area contributed by atoms with E-state index < -0.39 is 16.9 Å². The molecule has 10 heteroatoms. The lowest BCUT2D eigenvalue weighted by molar-refractivity contribution is 0.210. The van der Waals surface area contributed by atoms with E-state index in [4.69, 9.17) is 5.11 Å². The topological polar surface area (TPSA) is 122 Å². The number of anilines is 3. The second-order valence-electron chi connectivity index (χ2n) is 5.40. The average Bonchev–Trinajstić information content (AvgIpc) is 2.86. The number of nitrogens with zero attached hydrogens (tertiary/aromatic N) is 4. The summed E-state index contributed by atoms with van der Waals surface area (Å²) in [6.45, 7) is 1.90. The first kappa shape index (κ1) is 16.8. The Morgan fingerprint density at radius 3 is 2.80 bits per heavy atom. The van der Waals surface area contributed by atoms with E-state index >= 15 is 0 Å². The molecule has 0 spiro atoms. The summed E-state index contributed by atoms with van der Waals surface area (Å²) in [5.74, 6) is 0.529. The maximum absolute atomic E-state index is 11.6. The Labute approximate surface area is 145 Å². The number of aromatic nitrogens is 4. The average molecular weight is 360 g/mol. The third-order valence-electron chi connectivity index (χ3n) is 3.56. The van der Waals surface area contributed by atoms with Gasteiger partial charge in [-0.2, -0.15) is 5.10 Å². The van der Waals surface area contributed by atoms with Crippen molar-refractivity contribution in [2.75, 3.05) is 16.9 Å². The minimum absolute atomic E-state index is 0.242. The summed E-state index contributed by atoms with van der Waals surface area (Å²) in [7, 11) is 0.452. The number of nitrogens with one attached hydrogen (secondary N) is 2. The van der Waals surface area contributed by atoms with E-state index in [9.17, 15) is 9.00 Å². The van der Waals surface area contributed by atoms with Gasteiger partial charge in [0.15, 0.2) is 11.5 Å². The van der Waals surface area contributed by atoms with Gasteiger partial charge in [-0.3, -0.25) is 9.53 Å². The Morgan fingerprint density at radius 2 is 2.12 bits per heavy atom. The lowest BCUT2D eigenvalue weighted by Gasteiger charge is -2.10. The zero-order valence-corrected chi connectivity index (χ0v) is 14.6. The van der Waals surface area contributed by atoms with Crippen molar-refractivity contribution in [3.63, 3.8) is 0 Å². The number of hydrogen-bond donors (Lipinski definition) is 3. The minimum Gasteiger partial charge on any atom is -0.465 e. The van der Waals surface area contributed by atoms with E-state index in [1.54, 1.807) is 36.1 Å². The molecule has 0 saturated heterocycles. The molecule has 0 aliphatic carbocycles. The summed E-state index contributed by atoms with van der Waals surface area (Å²) >= 11 is 0. The zero-order valence-electron chi connectivity index (χ0n) is 13.8. The summed E-state index contributed by atoms with van der Waals surface area (Å²) in [6.07, 6.45) is 1.95. The molecule has 130 valence electrons. The monoisotopic (exact) mass is 360 g/mol. The Kier molecular flexibility index (Phi) is 4.36. The zero-order chi connectivity index (χ0) is 18.1. The number of carbonyl (C=O) groups is 1. The third-order valence-corrected chi connectivity index (χ3v) is 4.27. The van der Waals surface area contributed by atoms with Gasteiger partial charge in [-0.1, -0.05) is 6.07 Å². The molecule has 1 amide bonds. The highest BCUT2D eigenvalue weighted by atomic mass is 32.2. The van der Waals surface area contributed by atoms with Gasteiger partial charge >= 0.3 is 6.09 Å². The van der Waals surface area contributed by atoms with E-state index in [1.165, 1.54) is 6.26 Å². The SMILES string of the molecule is Cc1ccc(NC(=O)O)cc1Nc1nn(C)c2nc(S(C)=O)ncc12. The van der Waals surface area contributed by atoms with Crippen molar-refractivity contribution in [2.45, 2.75) is 12.1 Å². The van der Waals surface area contributed by atoms with E-state index in [0.717, 1.165) is 5.56 Å². The highest BCUT2D eigenvalue weighted by molar-refractivity contribution is 7.84. The molecule has 2 aromatic heterocycles. The van der Waals surface area contributed by atoms with Gasteiger partial charge in [0.25, 0.3) is 0 Å². The molecule has 2 heterocycles. The van der Waals surface area contributed by atoms with Gasteiger partial charge in [0.05, 0.1) is 16.2 Å². The molecule has 3 N–H and O–H groups in total. The summed E-state index contributed by atoms with van der Waals surface area (Å²) in [5, 5.41) is 19.6. The van der Waals surface area contributed by atoms with Crippen LogP contribution in [0.1, 0.15) is 5.56 Å². The summed E-state index contributed by atoms with van der Waals surface area (Å²) in [5.41, 5.74) is 2.62. The standard InChI is InChI=1S/C15H16N6O3S/c1-8-4-5-9(17-15(22)23)6-11(8)18-12-10-7-16-14(25(3)24)19-13(10)21(2)20-12/h4-7,17H,1-3H3,(H,18,20)(H,22,23). The van der Waals surface area contributed by atoms with Gasteiger partial charge < -0.3 is 10.4 Å². The first-order valence-electron chi connectivity index (χ1n) is 7.26. The summed E-state index contributed by atoms with van der Waals surface area (Å²) in [4.78, 5) is 19.2. The molecule has 0 radical (unpaired) electrons. The van der Waals surface area contributed by atoms with E-state index in [2.05, 4.69) is 25.7 Å². The van der Waals surface area contributed by atoms with Crippen molar-refractivity contribution in [1.29, 1.82) is 0 Å². The van der Waals surface area contributed by atoms with Crippen LogP contribution in [0.25, 0.3) is 11.0 Å². The molecule has 0 fully saturated rings. The normalized spacial score (nSPS) is 12.1. The third kappa shape index (κ3) is 3.43.